The molecule has 0 bridgehead atoms. The van der Waals surface area contributed by atoms with Gasteiger partial charge in [0.2, 0.25) is 5.43 Å². The van der Waals surface area contributed by atoms with Crippen molar-refractivity contribution in [2.24, 2.45) is 0 Å². The van der Waals surface area contributed by atoms with Crippen LogP contribution in [0.5, 0.6) is 0 Å². The Bertz CT molecular complexity index is 1200. The molecule has 9 nitrogen and oxygen atoms in total. The zero-order valence-electron chi connectivity index (χ0n) is 18.2. The number of nitriles is 1. The number of carbonyl (C=O) groups is 1. The van der Waals surface area contributed by atoms with Crippen LogP contribution in [0.1, 0.15) is 16.8 Å². The molecule has 0 radical (unpaired) electrons. The van der Waals surface area contributed by atoms with Crippen LogP contribution in [0, 0.1) is 11.3 Å². The highest BCUT2D eigenvalue weighted by molar-refractivity contribution is 5.86. The molecule has 0 aliphatic carbocycles. The van der Waals surface area contributed by atoms with E-state index in [9.17, 15) is 14.7 Å². The van der Waals surface area contributed by atoms with E-state index >= 15 is 0 Å². The standard InChI is InChI=1S/C24H24N4O5/c1-32-12-13-33-11-10-27(24(30)31)20-6-2-4-18(14-20)16-22-23(29)8-9-28(26-22)21-7-3-5-19(15-21)17-25/h2-9,14-15H,10-13,16H2,1H3,(H,30,31). The van der Waals surface area contributed by atoms with Gasteiger partial charge >= 0.3 is 6.09 Å². The van der Waals surface area contributed by atoms with Gasteiger partial charge in [0.05, 0.1) is 43.7 Å². The highest BCUT2D eigenvalue weighted by atomic mass is 16.5. The van der Waals surface area contributed by atoms with Crippen molar-refractivity contribution in [1.29, 1.82) is 5.26 Å². The largest absolute Gasteiger partial charge is 0.465 e. The number of aromatic nitrogens is 2. The fourth-order valence-electron chi connectivity index (χ4n) is 3.19. The number of carboxylic acid groups (broad SMARTS) is 1. The molecule has 1 heterocycles. The molecule has 0 saturated carbocycles. The maximum atomic E-state index is 12.4. The van der Waals surface area contributed by atoms with Crippen LogP contribution in [-0.4, -0.2) is 54.5 Å². The van der Waals surface area contributed by atoms with E-state index in [-0.39, 0.29) is 25.0 Å². The number of anilines is 1. The van der Waals surface area contributed by atoms with Gasteiger partial charge in [0.15, 0.2) is 0 Å². The third-order valence-corrected chi connectivity index (χ3v) is 4.84. The Morgan fingerprint density at radius 3 is 2.73 bits per heavy atom. The topological polar surface area (TPSA) is 118 Å². The van der Waals surface area contributed by atoms with Gasteiger partial charge in [0.25, 0.3) is 0 Å². The number of hydrogen-bond donors (Lipinski definition) is 1. The Labute approximate surface area is 191 Å². The lowest BCUT2D eigenvalue weighted by Crippen LogP contribution is -2.33. The molecule has 33 heavy (non-hydrogen) atoms. The first-order valence-corrected chi connectivity index (χ1v) is 10.3. The molecule has 0 atom stereocenters. The van der Waals surface area contributed by atoms with Gasteiger partial charge in [-0.05, 0) is 35.9 Å². The van der Waals surface area contributed by atoms with Gasteiger partial charge in [0.1, 0.15) is 5.69 Å². The number of hydrogen-bond acceptors (Lipinski definition) is 6. The van der Waals surface area contributed by atoms with Crippen LogP contribution >= 0.6 is 0 Å². The van der Waals surface area contributed by atoms with E-state index in [4.69, 9.17) is 14.7 Å². The number of rotatable bonds is 10. The Hall–Kier alpha value is -4.00. The Kier molecular flexibility index (Phi) is 8.30. The number of benzene rings is 2. The minimum Gasteiger partial charge on any atom is -0.465 e. The zero-order chi connectivity index (χ0) is 23.6. The van der Waals surface area contributed by atoms with E-state index in [0.717, 1.165) is 5.56 Å². The maximum absolute atomic E-state index is 12.4. The summed E-state index contributed by atoms with van der Waals surface area (Å²) in [5.74, 6) is 0. The molecule has 2 aromatic carbocycles. The van der Waals surface area contributed by atoms with Crippen LogP contribution in [-0.2, 0) is 15.9 Å². The smallest absolute Gasteiger partial charge is 0.411 e. The normalized spacial score (nSPS) is 10.5. The van der Waals surface area contributed by atoms with Gasteiger partial charge in [-0.1, -0.05) is 18.2 Å². The molecule has 170 valence electrons. The fraction of sp³-hybridized carbons (Fsp3) is 0.250. The van der Waals surface area contributed by atoms with Gasteiger partial charge in [-0.3, -0.25) is 9.69 Å². The second-order valence-corrected chi connectivity index (χ2v) is 7.12. The third-order valence-electron chi connectivity index (χ3n) is 4.84. The molecule has 9 heteroatoms. The Morgan fingerprint density at radius 1 is 1.15 bits per heavy atom. The summed E-state index contributed by atoms with van der Waals surface area (Å²) in [5.41, 5.74) is 2.45. The van der Waals surface area contributed by atoms with E-state index < -0.39 is 6.09 Å². The molecule has 0 aliphatic rings. The van der Waals surface area contributed by atoms with E-state index in [1.54, 1.807) is 60.5 Å². The van der Waals surface area contributed by atoms with Crippen molar-refractivity contribution in [3.63, 3.8) is 0 Å². The molecule has 1 aromatic heterocycles. The SMILES string of the molecule is COCCOCCN(C(=O)O)c1cccc(Cc2nn(-c3cccc(C#N)c3)ccc2=O)c1. The molecule has 0 saturated heterocycles. The lowest BCUT2D eigenvalue weighted by molar-refractivity contribution is 0.0738. The summed E-state index contributed by atoms with van der Waals surface area (Å²) in [5, 5.41) is 23.2. The first-order valence-electron chi connectivity index (χ1n) is 10.3. The summed E-state index contributed by atoms with van der Waals surface area (Å²) in [6.45, 7) is 1.21. The van der Waals surface area contributed by atoms with Crippen LogP contribution in [0.2, 0.25) is 0 Å². The van der Waals surface area contributed by atoms with E-state index in [1.165, 1.54) is 11.0 Å². The summed E-state index contributed by atoms with van der Waals surface area (Å²) in [6, 6.07) is 17.4. The third kappa shape index (κ3) is 6.49. The second kappa shape index (κ2) is 11.6. The molecule has 0 spiro atoms. The average Bonchev–Trinajstić information content (AvgIpc) is 2.82. The van der Waals surface area contributed by atoms with E-state index in [0.29, 0.717) is 35.8 Å². The molecule has 0 aliphatic heterocycles. The first-order chi connectivity index (χ1) is 16.0. The van der Waals surface area contributed by atoms with Crippen molar-refractivity contribution in [3.05, 3.63) is 87.8 Å². The lowest BCUT2D eigenvalue weighted by atomic mass is 10.1. The Balaban J connectivity index is 1.80. The van der Waals surface area contributed by atoms with Crippen molar-refractivity contribution in [2.45, 2.75) is 6.42 Å². The van der Waals surface area contributed by atoms with Gasteiger partial charge in [-0.25, -0.2) is 9.48 Å². The highest BCUT2D eigenvalue weighted by Gasteiger charge is 2.15. The van der Waals surface area contributed by atoms with Gasteiger partial charge < -0.3 is 14.6 Å². The van der Waals surface area contributed by atoms with E-state index in [1.807, 2.05) is 6.07 Å². The fourth-order valence-corrected chi connectivity index (χ4v) is 3.19. The number of methoxy groups -OCH3 is 1. The number of amides is 1. The first kappa shape index (κ1) is 23.7. The molecule has 3 aromatic rings. The minimum atomic E-state index is -1.10. The van der Waals surface area contributed by atoms with Gasteiger partial charge in [0, 0.05) is 31.5 Å². The summed E-state index contributed by atoms with van der Waals surface area (Å²) in [7, 11) is 1.57. The predicted octanol–water partition coefficient (Wildman–Crippen LogP) is 2.84. The summed E-state index contributed by atoms with van der Waals surface area (Å²) in [4.78, 5) is 25.4. The quantitative estimate of drug-likeness (QED) is 0.474. The molecule has 1 N–H and O–H groups in total. The summed E-state index contributed by atoms with van der Waals surface area (Å²) < 4.78 is 11.8. The zero-order valence-corrected chi connectivity index (χ0v) is 18.2. The van der Waals surface area contributed by atoms with Gasteiger partial charge in [-0.15, -0.1) is 0 Å². The van der Waals surface area contributed by atoms with Crippen molar-refractivity contribution in [1.82, 2.24) is 9.78 Å². The number of nitrogens with zero attached hydrogens (tertiary/aromatic N) is 4. The maximum Gasteiger partial charge on any atom is 0.411 e. The minimum absolute atomic E-state index is 0.161. The van der Waals surface area contributed by atoms with Crippen LogP contribution < -0.4 is 10.3 Å². The lowest BCUT2D eigenvalue weighted by Gasteiger charge is -2.20. The second-order valence-electron chi connectivity index (χ2n) is 7.12. The van der Waals surface area contributed by atoms with E-state index in [2.05, 4.69) is 11.2 Å². The summed E-state index contributed by atoms with van der Waals surface area (Å²) in [6.07, 6.45) is 0.678. The monoisotopic (exact) mass is 448 g/mol. The van der Waals surface area contributed by atoms with Crippen molar-refractivity contribution in [3.8, 4) is 11.8 Å². The molecule has 0 fully saturated rings. The Morgan fingerprint density at radius 2 is 1.97 bits per heavy atom. The van der Waals surface area contributed by atoms with Crippen LogP contribution in [0.25, 0.3) is 5.69 Å². The number of ether oxygens (including phenoxy) is 2. The van der Waals surface area contributed by atoms with Crippen molar-refractivity contribution >= 4 is 11.8 Å². The molecular weight excluding hydrogens is 424 g/mol. The van der Waals surface area contributed by atoms with Crippen LogP contribution in [0.4, 0.5) is 10.5 Å². The molecule has 3 rings (SSSR count). The van der Waals surface area contributed by atoms with Crippen molar-refractivity contribution < 1.29 is 19.4 Å². The molecule has 1 amide bonds. The molecule has 0 unspecified atom stereocenters. The van der Waals surface area contributed by atoms with Crippen LogP contribution in [0.15, 0.2) is 65.6 Å². The molecular formula is C24H24N4O5. The van der Waals surface area contributed by atoms with Gasteiger partial charge in [-0.2, -0.15) is 10.4 Å². The predicted molar refractivity (Wildman–Crippen MR) is 122 cm³/mol. The average molecular weight is 448 g/mol. The van der Waals surface area contributed by atoms with Crippen LogP contribution in [0.3, 0.4) is 0 Å². The highest BCUT2D eigenvalue weighted by Crippen LogP contribution is 2.18. The summed E-state index contributed by atoms with van der Waals surface area (Å²) >= 11 is 0. The van der Waals surface area contributed by atoms with Crippen molar-refractivity contribution in [2.75, 3.05) is 38.4 Å².